The zero-order valence-electron chi connectivity index (χ0n) is 8.73. The fraction of sp³-hybridized carbons (Fsp3) is 0.600. The molecule has 2 N–H and O–H groups in total. The summed E-state index contributed by atoms with van der Waals surface area (Å²) >= 11 is 0. The van der Waals surface area contributed by atoms with Crippen molar-refractivity contribution in [3.8, 4) is 0 Å². The van der Waals surface area contributed by atoms with Gasteiger partial charge in [-0.3, -0.25) is 9.89 Å². The Labute approximate surface area is 88.1 Å². The number of aromatic amines is 1. The first kappa shape index (κ1) is 10.0. The number of carboxylic acids is 1. The van der Waals surface area contributed by atoms with Gasteiger partial charge in [0, 0.05) is 24.8 Å². The first-order valence-corrected chi connectivity index (χ1v) is 5.16. The van der Waals surface area contributed by atoms with Crippen molar-refractivity contribution in [2.45, 2.75) is 19.8 Å². The van der Waals surface area contributed by atoms with Crippen LogP contribution in [0.15, 0.2) is 6.07 Å². The Kier molecular flexibility index (Phi) is 2.62. The Balaban J connectivity index is 2.07. The van der Waals surface area contributed by atoms with Crippen molar-refractivity contribution < 1.29 is 9.90 Å². The van der Waals surface area contributed by atoms with E-state index in [0.29, 0.717) is 6.54 Å². The van der Waals surface area contributed by atoms with Crippen molar-refractivity contribution in [3.05, 3.63) is 11.8 Å². The molecule has 1 unspecified atom stereocenters. The van der Waals surface area contributed by atoms with Crippen LogP contribution in [0.5, 0.6) is 0 Å². The lowest BCUT2D eigenvalue weighted by Gasteiger charge is -2.30. The molecule has 0 saturated carbocycles. The Bertz CT molecular complexity index is 361. The molecule has 0 aromatic carbocycles. The minimum atomic E-state index is -0.702. The summed E-state index contributed by atoms with van der Waals surface area (Å²) in [7, 11) is 0. The molecule has 1 aliphatic heterocycles. The van der Waals surface area contributed by atoms with Crippen LogP contribution in [0, 0.1) is 12.8 Å². The number of nitrogens with zero attached hydrogens (tertiary/aromatic N) is 2. The van der Waals surface area contributed by atoms with E-state index < -0.39 is 5.97 Å². The van der Waals surface area contributed by atoms with Gasteiger partial charge in [-0.2, -0.15) is 5.10 Å². The van der Waals surface area contributed by atoms with Gasteiger partial charge in [-0.05, 0) is 19.8 Å². The molecule has 1 atom stereocenters. The number of rotatable bonds is 2. The van der Waals surface area contributed by atoms with E-state index in [1.165, 1.54) is 0 Å². The first-order chi connectivity index (χ1) is 7.16. The van der Waals surface area contributed by atoms with E-state index in [1.54, 1.807) is 0 Å². The smallest absolute Gasteiger partial charge is 0.308 e. The third kappa shape index (κ3) is 2.11. The minimum absolute atomic E-state index is 0.254. The minimum Gasteiger partial charge on any atom is -0.481 e. The maximum atomic E-state index is 10.9. The lowest BCUT2D eigenvalue weighted by molar-refractivity contribution is -0.141. The molecule has 1 aliphatic rings. The molecular weight excluding hydrogens is 194 g/mol. The van der Waals surface area contributed by atoms with Crippen LogP contribution in [0.25, 0.3) is 0 Å². The Hall–Kier alpha value is -1.52. The van der Waals surface area contributed by atoms with Crippen LogP contribution in [0.3, 0.4) is 0 Å². The number of aromatic nitrogens is 2. The molecule has 0 aliphatic carbocycles. The van der Waals surface area contributed by atoms with Crippen LogP contribution in [0.4, 0.5) is 5.82 Å². The topological polar surface area (TPSA) is 69.2 Å². The molecule has 5 heteroatoms. The number of hydrogen-bond acceptors (Lipinski definition) is 3. The maximum Gasteiger partial charge on any atom is 0.308 e. The molecule has 5 nitrogen and oxygen atoms in total. The van der Waals surface area contributed by atoms with Gasteiger partial charge in [0.2, 0.25) is 0 Å². The summed E-state index contributed by atoms with van der Waals surface area (Å²) in [5.74, 6) is -0.0961. The fourth-order valence-corrected chi connectivity index (χ4v) is 1.95. The van der Waals surface area contributed by atoms with Gasteiger partial charge in [-0.15, -0.1) is 0 Å². The molecule has 0 spiro atoms. The zero-order valence-corrected chi connectivity index (χ0v) is 8.73. The summed E-state index contributed by atoms with van der Waals surface area (Å²) in [4.78, 5) is 12.9. The van der Waals surface area contributed by atoms with Crippen molar-refractivity contribution in [1.82, 2.24) is 10.2 Å². The third-order valence-corrected chi connectivity index (χ3v) is 2.79. The number of hydrogen-bond donors (Lipinski definition) is 2. The van der Waals surface area contributed by atoms with Crippen molar-refractivity contribution in [3.63, 3.8) is 0 Å². The van der Waals surface area contributed by atoms with Gasteiger partial charge in [0.15, 0.2) is 5.82 Å². The van der Waals surface area contributed by atoms with Gasteiger partial charge in [0.05, 0.1) is 5.92 Å². The van der Waals surface area contributed by atoms with Gasteiger partial charge in [-0.1, -0.05) is 0 Å². The van der Waals surface area contributed by atoms with Gasteiger partial charge in [0.25, 0.3) is 0 Å². The largest absolute Gasteiger partial charge is 0.481 e. The summed E-state index contributed by atoms with van der Waals surface area (Å²) in [6, 6.07) is 1.95. The van der Waals surface area contributed by atoms with Gasteiger partial charge >= 0.3 is 5.97 Å². The number of carboxylic acid groups (broad SMARTS) is 1. The second-order valence-corrected chi connectivity index (χ2v) is 4.03. The van der Waals surface area contributed by atoms with Crippen LogP contribution >= 0.6 is 0 Å². The summed E-state index contributed by atoms with van der Waals surface area (Å²) in [5, 5.41) is 16.0. The highest BCUT2D eigenvalue weighted by Crippen LogP contribution is 2.21. The van der Waals surface area contributed by atoms with Gasteiger partial charge < -0.3 is 10.0 Å². The predicted octanol–water partition coefficient (Wildman–Crippen LogP) is 1.02. The highest BCUT2D eigenvalue weighted by Gasteiger charge is 2.26. The predicted molar refractivity (Wildman–Crippen MR) is 55.9 cm³/mol. The van der Waals surface area contributed by atoms with E-state index in [-0.39, 0.29) is 5.92 Å². The summed E-state index contributed by atoms with van der Waals surface area (Å²) in [6.07, 6.45) is 1.69. The fourth-order valence-electron chi connectivity index (χ4n) is 1.95. The van der Waals surface area contributed by atoms with E-state index in [4.69, 9.17) is 5.11 Å². The van der Waals surface area contributed by atoms with Gasteiger partial charge in [-0.25, -0.2) is 0 Å². The zero-order chi connectivity index (χ0) is 10.8. The van der Waals surface area contributed by atoms with E-state index >= 15 is 0 Å². The van der Waals surface area contributed by atoms with E-state index in [0.717, 1.165) is 30.9 Å². The third-order valence-electron chi connectivity index (χ3n) is 2.79. The van der Waals surface area contributed by atoms with E-state index in [9.17, 15) is 4.79 Å². The number of H-pyrrole nitrogens is 1. The van der Waals surface area contributed by atoms with Crippen molar-refractivity contribution in [1.29, 1.82) is 0 Å². The average molecular weight is 209 g/mol. The van der Waals surface area contributed by atoms with Crippen molar-refractivity contribution >= 4 is 11.8 Å². The molecule has 0 bridgehead atoms. The molecule has 82 valence electrons. The number of nitrogens with one attached hydrogen (secondary N) is 1. The average Bonchev–Trinajstić information content (AvgIpc) is 2.65. The van der Waals surface area contributed by atoms with Crippen LogP contribution in [-0.2, 0) is 4.79 Å². The molecule has 0 radical (unpaired) electrons. The number of aryl methyl sites for hydroxylation is 1. The van der Waals surface area contributed by atoms with Crippen LogP contribution in [0.2, 0.25) is 0 Å². The van der Waals surface area contributed by atoms with E-state index in [1.807, 2.05) is 17.9 Å². The second kappa shape index (κ2) is 3.92. The number of piperidine rings is 1. The highest BCUT2D eigenvalue weighted by molar-refractivity contribution is 5.71. The molecule has 2 heterocycles. The SMILES string of the molecule is Cc1cc(N2CCCC(C(=O)O)C2)n[nH]1. The molecular formula is C10H15N3O2. The quantitative estimate of drug-likeness (QED) is 0.763. The highest BCUT2D eigenvalue weighted by atomic mass is 16.4. The normalized spacial score (nSPS) is 21.7. The molecule has 1 saturated heterocycles. The van der Waals surface area contributed by atoms with Crippen molar-refractivity contribution in [2.75, 3.05) is 18.0 Å². The summed E-state index contributed by atoms with van der Waals surface area (Å²) in [5.41, 5.74) is 1.00. The Morgan fingerprint density at radius 1 is 1.73 bits per heavy atom. The first-order valence-electron chi connectivity index (χ1n) is 5.16. The van der Waals surface area contributed by atoms with Gasteiger partial charge in [0.1, 0.15) is 0 Å². The number of carbonyl (C=O) groups is 1. The number of anilines is 1. The molecule has 1 fully saturated rings. The van der Waals surface area contributed by atoms with Crippen LogP contribution in [0.1, 0.15) is 18.5 Å². The monoisotopic (exact) mass is 209 g/mol. The Morgan fingerprint density at radius 3 is 3.13 bits per heavy atom. The second-order valence-electron chi connectivity index (χ2n) is 4.03. The number of aliphatic carboxylic acids is 1. The van der Waals surface area contributed by atoms with Crippen LogP contribution in [-0.4, -0.2) is 34.4 Å². The van der Waals surface area contributed by atoms with Crippen molar-refractivity contribution in [2.24, 2.45) is 5.92 Å². The maximum absolute atomic E-state index is 10.9. The lowest BCUT2D eigenvalue weighted by Crippen LogP contribution is -2.38. The molecule has 0 amide bonds. The lowest BCUT2D eigenvalue weighted by atomic mass is 9.98. The summed E-state index contributed by atoms with van der Waals surface area (Å²) < 4.78 is 0. The van der Waals surface area contributed by atoms with E-state index in [2.05, 4.69) is 10.2 Å². The Morgan fingerprint density at radius 2 is 2.53 bits per heavy atom. The molecule has 1 aromatic heterocycles. The molecule has 15 heavy (non-hydrogen) atoms. The molecule has 2 rings (SSSR count). The van der Waals surface area contributed by atoms with Crippen LogP contribution < -0.4 is 4.90 Å². The summed E-state index contributed by atoms with van der Waals surface area (Å²) in [6.45, 7) is 3.41. The molecule has 1 aromatic rings. The standard InChI is InChI=1S/C10H15N3O2/c1-7-5-9(12-11-7)13-4-2-3-8(6-13)10(14)15/h5,8H,2-4,6H2,1H3,(H,11,12)(H,14,15).